The summed E-state index contributed by atoms with van der Waals surface area (Å²) >= 11 is 5.76. The number of ether oxygens (including phenoxy) is 2. The van der Waals surface area contributed by atoms with Crippen LogP contribution in [0.5, 0.6) is 11.5 Å². The van der Waals surface area contributed by atoms with Gasteiger partial charge in [0, 0.05) is 5.56 Å². The molecule has 0 radical (unpaired) electrons. The highest BCUT2D eigenvalue weighted by Gasteiger charge is 2.39. The lowest BCUT2D eigenvalue weighted by Gasteiger charge is -2.13. The van der Waals surface area contributed by atoms with Gasteiger partial charge >= 0.3 is 6.18 Å². The fraction of sp³-hybridized carbons (Fsp3) is 0.364. The number of benzene rings is 1. The normalized spacial score (nSPS) is 11.2. The van der Waals surface area contributed by atoms with Gasteiger partial charge in [-0.25, -0.2) is 0 Å². The molecule has 7 heteroatoms. The van der Waals surface area contributed by atoms with E-state index in [9.17, 15) is 18.0 Å². The first-order chi connectivity index (χ1) is 8.31. The van der Waals surface area contributed by atoms with Gasteiger partial charge in [-0.05, 0) is 19.1 Å². The standard InChI is InChI=1S/C11H10ClF3O3/c1-3-18-9-7(12)4-6(5-8(9)17-2)10(16)11(13,14)15/h4-5H,3H2,1-2H3. The van der Waals surface area contributed by atoms with Gasteiger partial charge in [-0.15, -0.1) is 0 Å². The first-order valence-corrected chi connectivity index (χ1v) is 5.30. The Morgan fingerprint density at radius 2 is 2.00 bits per heavy atom. The van der Waals surface area contributed by atoms with Gasteiger partial charge in [-0.1, -0.05) is 11.6 Å². The molecular weight excluding hydrogens is 273 g/mol. The summed E-state index contributed by atoms with van der Waals surface area (Å²) in [6.45, 7) is 1.95. The number of carbonyl (C=O) groups excluding carboxylic acids is 1. The topological polar surface area (TPSA) is 35.5 Å². The predicted octanol–water partition coefficient (Wildman–Crippen LogP) is 3.49. The van der Waals surface area contributed by atoms with Gasteiger partial charge in [0.05, 0.1) is 18.7 Å². The number of carbonyl (C=O) groups is 1. The predicted molar refractivity (Wildman–Crippen MR) is 59.6 cm³/mol. The summed E-state index contributed by atoms with van der Waals surface area (Å²) in [6.07, 6.45) is -4.96. The van der Waals surface area contributed by atoms with Crippen molar-refractivity contribution in [3.8, 4) is 11.5 Å². The number of ketones is 1. The van der Waals surface area contributed by atoms with E-state index in [-0.39, 0.29) is 23.1 Å². The third kappa shape index (κ3) is 3.07. The first-order valence-electron chi connectivity index (χ1n) is 4.93. The van der Waals surface area contributed by atoms with Crippen LogP contribution >= 0.6 is 11.6 Å². The summed E-state index contributed by atoms with van der Waals surface area (Å²) in [5, 5.41) is -0.108. The Bertz CT molecular complexity index is 458. The van der Waals surface area contributed by atoms with E-state index < -0.39 is 17.5 Å². The van der Waals surface area contributed by atoms with Gasteiger partial charge in [0.15, 0.2) is 11.5 Å². The van der Waals surface area contributed by atoms with Gasteiger partial charge in [0.2, 0.25) is 0 Å². The Balaban J connectivity index is 3.27. The maximum atomic E-state index is 12.3. The second-order valence-electron chi connectivity index (χ2n) is 3.25. The number of rotatable bonds is 4. The average molecular weight is 283 g/mol. The fourth-order valence-corrected chi connectivity index (χ4v) is 1.56. The first kappa shape index (κ1) is 14.6. The molecule has 0 aliphatic carbocycles. The number of hydrogen-bond donors (Lipinski definition) is 0. The molecule has 0 amide bonds. The summed E-state index contributed by atoms with van der Waals surface area (Å²) in [5.41, 5.74) is -0.590. The van der Waals surface area contributed by atoms with Crippen molar-refractivity contribution in [2.45, 2.75) is 13.1 Å². The van der Waals surface area contributed by atoms with Gasteiger partial charge < -0.3 is 9.47 Å². The van der Waals surface area contributed by atoms with Gasteiger partial charge in [0.25, 0.3) is 5.78 Å². The lowest BCUT2D eigenvalue weighted by atomic mass is 10.1. The molecule has 1 aromatic rings. The molecule has 0 unspecified atom stereocenters. The molecule has 0 atom stereocenters. The van der Waals surface area contributed by atoms with Crippen molar-refractivity contribution >= 4 is 17.4 Å². The van der Waals surface area contributed by atoms with Crippen LogP contribution in [-0.2, 0) is 0 Å². The Morgan fingerprint density at radius 3 is 2.44 bits per heavy atom. The molecule has 1 rings (SSSR count). The lowest BCUT2D eigenvalue weighted by molar-refractivity contribution is -0.0885. The van der Waals surface area contributed by atoms with Crippen LogP contribution in [0.3, 0.4) is 0 Å². The van der Waals surface area contributed by atoms with E-state index in [1.807, 2.05) is 0 Å². The Morgan fingerprint density at radius 1 is 1.39 bits per heavy atom. The third-order valence-electron chi connectivity index (χ3n) is 2.04. The number of halogens is 4. The van der Waals surface area contributed by atoms with E-state index in [1.165, 1.54) is 7.11 Å². The molecular formula is C11H10ClF3O3. The molecule has 0 aliphatic heterocycles. The zero-order valence-electron chi connectivity index (χ0n) is 9.60. The number of alkyl halides is 3. The zero-order chi connectivity index (χ0) is 13.9. The maximum Gasteiger partial charge on any atom is 0.454 e. The molecule has 100 valence electrons. The Hall–Kier alpha value is -1.43. The highest BCUT2D eigenvalue weighted by molar-refractivity contribution is 6.32. The number of methoxy groups -OCH3 is 1. The number of hydrogen-bond acceptors (Lipinski definition) is 3. The third-order valence-corrected chi connectivity index (χ3v) is 2.32. The van der Waals surface area contributed by atoms with E-state index >= 15 is 0 Å². The van der Waals surface area contributed by atoms with Crippen molar-refractivity contribution in [3.63, 3.8) is 0 Å². The molecule has 0 aromatic heterocycles. The highest BCUT2D eigenvalue weighted by Crippen LogP contribution is 2.37. The molecule has 0 heterocycles. The quantitative estimate of drug-likeness (QED) is 0.793. The molecule has 0 spiro atoms. The molecule has 0 bridgehead atoms. The van der Waals surface area contributed by atoms with E-state index in [4.69, 9.17) is 21.1 Å². The second-order valence-corrected chi connectivity index (χ2v) is 3.66. The fourth-order valence-electron chi connectivity index (χ4n) is 1.30. The second kappa shape index (κ2) is 5.48. The minimum absolute atomic E-state index is 0.0167. The van der Waals surface area contributed by atoms with Crippen LogP contribution in [0.4, 0.5) is 13.2 Å². The van der Waals surface area contributed by atoms with Crippen molar-refractivity contribution < 1.29 is 27.4 Å². The lowest BCUT2D eigenvalue weighted by Crippen LogP contribution is -2.22. The van der Waals surface area contributed by atoms with Gasteiger partial charge in [0.1, 0.15) is 0 Å². The molecule has 3 nitrogen and oxygen atoms in total. The van der Waals surface area contributed by atoms with Crippen molar-refractivity contribution in [1.82, 2.24) is 0 Å². The van der Waals surface area contributed by atoms with Crippen molar-refractivity contribution in [1.29, 1.82) is 0 Å². The van der Waals surface area contributed by atoms with E-state index in [0.717, 1.165) is 12.1 Å². The minimum Gasteiger partial charge on any atom is -0.493 e. The molecule has 18 heavy (non-hydrogen) atoms. The summed E-state index contributed by atoms with van der Waals surface area (Å²) in [5.74, 6) is -1.89. The van der Waals surface area contributed by atoms with Crippen molar-refractivity contribution in [2.75, 3.05) is 13.7 Å². The van der Waals surface area contributed by atoms with Crippen LogP contribution < -0.4 is 9.47 Å². The summed E-state index contributed by atoms with van der Waals surface area (Å²) in [6, 6.07) is 1.86. The van der Waals surface area contributed by atoms with Gasteiger partial charge in [-0.2, -0.15) is 13.2 Å². The largest absolute Gasteiger partial charge is 0.493 e. The average Bonchev–Trinajstić information content (AvgIpc) is 2.29. The zero-order valence-corrected chi connectivity index (χ0v) is 10.4. The number of Topliss-reactive ketones (excluding diaryl/α,β-unsaturated/α-hetero) is 1. The van der Waals surface area contributed by atoms with E-state index in [1.54, 1.807) is 6.92 Å². The highest BCUT2D eigenvalue weighted by atomic mass is 35.5. The van der Waals surface area contributed by atoms with Gasteiger partial charge in [-0.3, -0.25) is 4.79 Å². The Kier molecular flexibility index (Phi) is 4.45. The molecule has 0 aliphatic rings. The minimum atomic E-state index is -4.96. The summed E-state index contributed by atoms with van der Waals surface area (Å²) in [7, 11) is 1.25. The SMILES string of the molecule is CCOc1c(Cl)cc(C(=O)C(F)(F)F)cc1OC. The van der Waals surface area contributed by atoms with Crippen molar-refractivity contribution in [2.24, 2.45) is 0 Å². The van der Waals surface area contributed by atoms with Crippen molar-refractivity contribution in [3.05, 3.63) is 22.7 Å². The summed E-state index contributed by atoms with van der Waals surface area (Å²) in [4.78, 5) is 11.1. The van der Waals surface area contributed by atoms with E-state index in [2.05, 4.69) is 0 Å². The maximum absolute atomic E-state index is 12.3. The van der Waals surface area contributed by atoms with E-state index in [0.29, 0.717) is 0 Å². The molecule has 0 saturated heterocycles. The van der Waals surface area contributed by atoms with Crippen LogP contribution in [0, 0.1) is 0 Å². The van der Waals surface area contributed by atoms with Crippen LogP contribution in [0.2, 0.25) is 5.02 Å². The van der Waals surface area contributed by atoms with Crippen LogP contribution in [0.1, 0.15) is 17.3 Å². The monoisotopic (exact) mass is 282 g/mol. The summed E-state index contributed by atoms with van der Waals surface area (Å²) < 4.78 is 46.8. The Labute approximate surface area is 106 Å². The smallest absolute Gasteiger partial charge is 0.454 e. The molecule has 0 fully saturated rings. The molecule has 0 saturated carbocycles. The molecule has 0 N–H and O–H groups in total. The molecule has 1 aromatic carbocycles. The van der Waals surface area contributed by atoms with Crippen LogP contribution in [0.15, 0.2) is 12.1 Å². The van der Waals surface area contributed by atoms with Crippen LogP contribution in [0.25, 0.3) is 0 Å². The van der Waals surface area contributed by atoms with Crippen LogP contribution in [-0.4, -0.2) is 25.7 Å².